The van der Waals surface area contributed by atoms with E-state index >= 15 is 0 Å². The monoisotopic (exact) mass is 252 g/mol. The van der Waals surface area contributed by atoms with Gasteiger partial charge < -0.3 is 0 Å². The topological polar surface area (TPSA) is 0 Å². The Morgan fingerprint density at radius 1 is 0.533 bits per heavy atom. The molecule has 0 bridgehead atoms. The molecule has 0 amide bonds. The maximum Gasteiger partial charge on any atom is 0.414 e. The predicted molar refractivity (Wildman–Crippen MR) is 26.6 cm³/mol. The van der Waals surface area contributed by atoms with Gasteiger partial charge in [-0.3, -0.25) is 0 Å². The van der Waals surface area contributed by atoms with Crippen molar-refractivity contribution in [3.63, 3.8) is 0 Å². The predicted octanol–water partition coefficient (Wildman–Crippen LogP) is 3.63. The van der Waals surface area contributed by atoms with Crippen LogP contribution in [0.25, 0.3) is 0 Å². The fraction of sp³-hybridized carbons (Fsp3) is 1.00. The second kappa shape index (κ2) is 3.71. The lowest BCUT2D eigenvalue weighted by Gasteiger charge is -2.35. The lowest BCUT2D eigenvalue weighted by Crippen LogP contribution is -2.59. The summed E-state index contributed by atoms with van der Waals surface area (Å²) < 4.78 is 117. The molecule has 0 aliphatic heterocycles. The molecule has 15 heavy (non-hydrogen) atoms. The molecule has 0 unspecified atom stereocenters. The first kappa shape index (κ1) is 14.3. The van der Waals surface area contributed by atoms with Crippen molar-refractivity contribution >= 4 is 0 Å². The van der Waals surface area contributed by atoms with Crippen molar-refractivity contribution in [2.75, 3.05) is 0 Å². The Hall–Kier alpha value is -0.700. The molecule has 0 aromatic rings. The highest BCUT2D eigenvalue weighted by Gasteiger charge is 2.81. The Labute approximate surface area is 75.9 Å². The van der Waals surface area contributed by atoms with Crippen molar-refractivity contribution in [3.8, 4) is 0 Å². The fourth-order valence-corrected chi connectivity index (χ4v) is 0.751. The molecule has 0 nitrogen and oxygen atoms in total. The largest absolute Gasteiger partial charge is 0.414 e. The molecule has 0 aromatic carbocycles. The van der Waals surface area contributed by atoms with Gasteiger partial charge in [-0.05, 0) is 0 Å². The van der Waals surface area contributed by atoms with Crippen LogP contribution >= 0.6 is 0 Å². The number of halogens is 10. The van der Waals surface area contributed by atoms with Crippen molar-refractivity contribution in [2.45, 2.75) is 25.2 Å². The third-order valence-corrected chi connectivity index (χ3v) is 1.63. The Bertz CT molecular complexity index is 185. The van der Waals surface area contributed by atoms with Crippen LogP contribution in [0, 0.1) is 5.41 Å². The Morgan fingerprint density at radius 3 is 0.733 bits per heavy atom. The molecule has 0 N–H and O–H groups in total. The van der Waals surface area contributed by atoms with Crippen LogP contribution in [-0.4, -0.2) is 25.2 Å². The fourth-order valence-electron chi connectivity index (χ4n) is 0.751. The van der Waals surface area contributed by atoms with E-state index in [9.17, 15) is 43.9 Å². The zero-order chi connectivity index (χ0) is 12.7. The van der Waals surface area contributed by atoms with Gasteiger partial charge in [-0.15, -0.1) is 0 Å². The lowest BCUT2D eigenvalue weighted by atomic mass is 9.87. The summed E-state index contributed by atoms with van der Waals surface area (Å²) in [5.41, 5.74) is -6.29. The first-order valence-electron chi connectivity index (χ1n) is 3.08. The first-order chi connectivity index (χ1) is 6.39. The maximum absolute atomic E-state index is 11.7. The SMILES string of the molecule is FC(F)C(C(F)F)(C(F)(F)F)C(F)(F)F. The second-order valence-electron chi connectivity index (χ2n) is 2.47. The summed E-state index contributed by atoms with van der Waals surface area (Å²) in [6, 6.07) is 0. The molecule has 0 rings (SSSR count). The van der Waals surface area contributed by atoms with Gasteiger partial charge in [0.2, 0.25) is 0 Å². The summed E-state index contributed by atoms with van der Waals surface area (Å²) >= 11 is 0. The summed E-state index contributed by atoms with van der Waals surface area (Å²) in [7, 11) is 0. The number of hydrogen-bond acceptors (Lipinski definition) is 0. The van der Waals surface area contributed by atoms with E-state index < -0.39 is 30.6 Å². The van der Waals surface area contributed by atoms with Crippen LogP contribution in [0.5, 0.6) is 0 Å². The van der Waals surface area contributed by atoms with Crippen molar-refractivity contribution in [2.24, 2.45) is 5.41 Å². The van der Waals surface area contributed by atoms with Crippen LogP contribution in [0.4, 0.5) is 43.9 Å². The summed E-state index contributed by atoms with van der Waals surface area (Å²) in [6.07, 6.45) is -24.2. The summed E-state index contributed by atoms with van der Waals surface area (Å²) in [5, 5.41) is 0. The third kappa shape index (κ3) is 1.98. The molecule has 0 atom stereocenters. The third-order valence-electron chi connectivity index (χ3n) is 1.63. The minimum Gasteiger partial charge on any atom is -0.209 e. The molecule has 0 fully saturated rings. The minimum absolute atomic E-state index is 5.29. The van der Waals surface area contributed by atoms with E-state index in [0.717, 1.165) is 0 Å². The van der Waals surface area contributed by atoms with E-state index in [1.54, 1.807) is 0 Å². The van der Waals surface area contributed by atoms with Gasteiger partial charge in [0.05, 0.1) is 0 Å². The van der Waals surface area contributed by atoms with E-state index in [1.807, 2.05) is 0 Å². The van der Waals surface area contributed by atoms with Crippen LogP contribution in [0.15, 0.2) is 0 Å². The zero-order valence-electron chi connectivity index (χ0n) is 6.43. The van der Waals surface area contributed by atoms with Crippen molar-refractivity contribution < 1.29 is 43.9 Å². The molecule has 0 saturated heterocycles. The standard InChI is InChI=1S/C5H2F10/c6-1(7)3(2(8)9,4(10,11)12)5(13,14)15/h1-2H. The molecule has 0 spiro atoms. The van der Waals surface area contributed by atoms with Crippen LogP contribution in [0.2, 0.25) is 0 Å². The van der Waals surface area contributed by atoms with Gasteiger partial charge in [0.1, 0.15) is 0 Å². The molecule has 0 aliphatic rings. The second-order valence-corrected chi connectivity index (χ2v) is 2.47. The van der Waals surface area contributed by atoms with E-state index in [0.29, 0.717) is 0 Å². The first-order valence-corrected chi connectivity index (χ1v) is 3.08. The van der Waals surface area contributed by atoms with Gasteiger partial charge in [0, 0.05) is 0 Å². The highest BCUT2D eigenvalue weighted by atomic mass is 19.4. The van der Waals surface area contributed by atoms with E-state index in [2.05, 4.69) is 0 Å². The van der Waals surface area contributed by atoms with Crippen LogP contribution in [-0.2, 0) is 0 Å². The summed E-state index contributed by atoms with van der Waals surface area (Å²) in [6.45, 7) is 0. The molecule has 10 heteroatoms. The molecule has 0 aromatic heterocycles. The van der Waals surface area contributed by atoms with Gasteiger partial charge in [-0.25, -0.2) is 17.6 Å². The molecule has 0 heterocycles. The average molecular weight is 252 g/mol. The van der Waals surface area contributed by atoms with Gasteiger partial charge in [-0.1, -0.05) is 0 Å². The smallest absolute Gasteiger partial charge is 0.209 e. The van der Waals surface area contributed by atoms with Crippen molar-refractivity contribution in [3.05, 3.63) is 0 Å². The average Bonchev–Trinajstić information content (AvgIpc) is 1.75. The normalized spacial score (nSPS) is 15.2. The van der Waals surface area contributed by atoms with E-state index in [-0.39, 0.29) is 0 Å². The van der Waals surface area contributed by atoms with Crippen LogP contribution < -0.4 is 0 Å². The number of rotatable bonds is 2. The van der Waals surface area contributed by atoms with Gasteiger partial charge in [0.25, 0.3) is 18.3 Å². The summed E-state index contributed by atoms with van der Waals surface area (Å²) in [4.78, 5) is 0. The molecular weight excluding hydrogens is 250 g/mol. The Balaban J connectivity index is 5.73. The Kier molecular flexibility index (Phi) is 3.53. The highest BCUT2D eigenvalue weighted by molar-refractivity contribution is 4.97. The van der Waals surface area contributed by atoms with E-state index in [4.69, 9.17) is 0 Å². The molecule has 0 saturated carbocycles. The van der Waals surface area contributed by atoms with Gasteiger partial charge >= 0.3 is 12.4 Å². The molecule has 0 aliphatic carbocycles. The number of alkyl halides is 10. The van der Waals surface area contributed by atoms with E-state index in [1.165, 1.54) is 0 Å². The Morgan fingerprint density at radius 2 is 0.733 bits per heavy atom. The number of hydrogen-bond donors (Lipinski definition) is 0. The van der Waals surface area contributed by atoms with Crippen molar-refractivity contribution in [1.82, 2.24) is 0 Å². The lowest BCUT2D eigenvalue weighted by molar-refractivity contribution is -0.402. The van der Waals surface area contributed by atoms with Gasteiger partial charge in [-0.2, -0.15) is 26.3 Å². The quantitative estimate of drug-likeness (QED) is 0.658. The van der Waals surface area contributed by atoms with Crippen LogP contribution in [0.3, 0.4) is 0 Å². The zero-order valence-corrected chi connectivity index (χ0v) is 6.43. The van der Waals surface area contributed by atoms with Gasteiger partial charge in [0.15, 0.2) is 0 Å². The van der Waals surface area contributed by atoms with Crippen LogP contribution in [0.1, 0.15) is 0 Å². The molecule has 0 radical (unpaired) electrons. The highest BCUT2D eigenvalue weighted by Crippen LogP contribution is 2.57. The molecular formula is C5H2F10. The molecule has 92 valence electrons. The summed E-state index contributed by atoms with van der Waals surface area (Å²) in [5.74, 6) is 0. The maximum atomic E-state index is 11.7. The van der Waals surface area contributed by atoms with Crippen molar-refractivity contribution in [1.29, 1.82) is 0 Å². The minimum atomic E-state index is -6.78.